The Morgan fingerprint density at radius 2 is 2.05 bits per heavy atom. The van der Waals surface area contributed by atoms with E-state index in [1.807, 2.05) is 32.3 Å². The van der Waals surface area contributed by atoms with Gasteiger partial charge in [-0.1, -0.05) is 12.1 Å². The van der Waals surface area contributed by atoms with Gasteiger partial charge in [0.2, 0.25) is 5.91 Å². The minimum absolute atomic E-state index is 0. The fourth-order valence-corrected chi connectivity index (χ4v) is 2.91. The molecule has 0 unspecified atom stereocenters. The largest absolute Gasteiger partial charge is 0.339 e. The first-order chi connectivity index (χ1) is 9.20. The van der Waals surface area contributed by atoms with Crippen LogP contribution in [0.15, 0.2) is 24.3 Å². The summed E-state index contributed by atoms with van der Waals surface area (Å²) in [4.78, 5) is 18.2. The van der Waals surface area contributed by atoms with E-state index >= 15 is 0 Å². The zero-order chi connectivity index (χ0) is 13.7. The molecule has 0 saturated carbocycles. The van der Waals surface area contributed by atoms with Crippen LogP contribution in [-0.4, -0.2) is 36.4 Å². The van der Waals surface area contributed by atoms with Crippen molar-refractivity contribution in [3.8, 4) is 0 Å². The highest BCUT2D eigenvalue weighted by atomic mass is 35.5. The highest BCUT2D eigenvalue weighted by Gasteiger charge is 2.11. The molecule has 118 valence electrons. The van der Waals surface area contributed by atoms with Gasteiger partial charge in [0.15, 0.2) is 0 Å². The lowest BCUT2D eigenvalue weighted by Gasteiger charge is -2.15. The van der Waals surface area contributed by atoms with E-state index in [1.165, 1.54) is 4.70 Å². The zero-order valence-corrected chi connectivity index (χ0v) is 14.6. The quantitative estimate of drug-likeness (QED) is 0.815. The third-order valence-electron chi connectivity index (χ3n) is 2.95. The van der Waals surface area contributed by atoms with Crippen molar-refractivity contribution in [2.24, 2.45) is 0 Å². The number of para-hydroxylation sites is 1. The van der Waals surface area contributed by atoms with Crippen LogP contribution in [-0.2, 0) is 11.3 Å². The van der Waals surface area contributed by atoms with Crippen LogP contribution >= 0.6 is 36.2 Å². The first kappa shape index (κ1) is 20.1. The molecular formula is C14H21Cl2N3OS. The summed E-state index contributed by atoms with van der Waals surface area (Å²) in [7, 11) is 3.74. The van der Waals surface area contributed by atoms with Gasteiger partial charge < -0.3 is 10.2 Å². The lowest BCUT2D eigenvalue weighted by atomic mass is 10.3. The number of amides is 1. The lowest BCUT2D eigenvalue weighted by molar-refractivity contribution is -0.130. The number of nitrogens with zero attached hydrogens (tertiary/aromatic N) is 2. The van der Waals surface area contributed by atoms with E-state index < -0.39 is 0 Å². The molecule has 0 aliphatic rings. The lowest BCUT2D eigenvalue weighted by Crippen LogP contribution is -2.26. The van der Waals surface area contributed by atoms with Crippen molar-refractivity contribution >= 4 is 52.3 Å². The maximum atomic E-state index is 11.9. The molecule has 0 atom stereocenters. The van der Waals surface area contributed by atoms with Crippen molar-refractivity contribution in [1.82, 2.24) is 15.2 Å². The van der Waals surface area contributed by atoms with Gasteiger partial charge in [0.25, 0.3) is 0 Å². The Morgan fingerprint density at radius 1 is 1.33 bits per heavy atom. The fourth-order valence-electron chi connectivity index (χ4n) is 1.89. The number of fused-ring (bicyclic) bond motifs is 1. The summed E-state index contributed by atoms with van der Waals surface area (Å²) in [6, 6.07) is 8.06. The highest BCUT2D eigenvalue weighted by Crippen LogP contribution is 2.22. The molecule has 0 bridgehead atoms. The van der Waals surface area contributed by atoms with E-state index in [0.29, 0.717) is 13.0 Å². The number of hydrogen-bond acceptors (Lipinski definition) is 4. The minimum Gasteiger partial charge on any atom is -0.339 e. The van der Waals surface area contributed by atoms with Crippen molar-refractivity contribution in [2.45, 2.75) is 19.4 Å². The molecule has 7 heteroatoms. The third kappa shape index (κ3) is 5.79. The van der Waals surface area contributed by atoms with Gasteiger partial charge in [-0.3, -0.25) is 4.79 Å². The Bertz CT molecular complexity index is 529. The van der Waals surface area contributed by atoms with Crippen LogP contribution < -0.4 is 5.32 Å². The average molecular weight is 350 g/mol. The molecule has 0 fully saturated rings. The Balaban J connectivity index is 0.00000200. The van der Waals surface area contributed by atoms with Crippen LogP contribution in [0.5, 0.6) is 0 Å². The maximum absolute atomic E-state index is 11.9. The van der Waals surface area contributed by atoms with E-state index in [-0.39, 0.29) is 30.7 Å². The van der Waals surface area contributed by atoms with E-state index in [4.69, 9.17) is 0 Å². The minimum atomic E-state index is 0. The molecule has 0 radical (unpaired) electrons. The predicted molar refractivity (Wildman–Crippen MR) is 93.8 cm³/mol. The second-order valence-electron chi connectivity index (χ2n) is 4.53. The Morgan fingerprint density at radius 3 is 2.71 bits per heavy atom. The first-order valence-corrected chi connectivity index (χ1v) is 7.25. The molecule has 0 aliphatic heterocycles. The molecule has 1 aromatic carbocycles. The summed E-state index contributed by atoms with van der Waals surface area (Å²) in [5, 5.41) is 4.04. The van der Waals surface area contributed by atoms with E-state index in [9.17, 15) is 4.79 Å². The second kappa shape index (κ2) is 9.95. The van der Waals surface area contributed by atoms with Crippen LogP contribution in [0, 0.1) is 0 Å². The molecular weight excluding hydrogens is 329 g/mol. The number of carbonyl (C=O) groups excluding carboxylic acids is 1. The molecule has 2 rings (SSSR count). The van der Waals surface area contributed by atoms with E-state index in [0.717, 1.165) is 23.5 Å². The summed E-state index contributed by atoms with van der Waals surface area (Å²) >= 11 is 1.65. The van der Waals surface area contributed by atoms with Crippen molar-refractivity contribution in [1.29, 1.82) is 0 Å². The molecule has 1 aromatic heterocycles. The van der Waals surface area contributed by atoms with Crippen LogP contribution in [0.3, 0.4) is 0 Å². The van der Waals surface area contributed by atoms with Gasteiger partial charge in [0, 0.05) is 13.5 Å². The number of aromatic nitrogens is 1. The number of thiazole rings is 1. The van der Waals surface area contributed by atoms with E-state index in [1.54, 1.807) is 16.2 Å². The van der Waals surface area contributed by atoms with Gasteiger partial charge >= 0.3 is 0 Å². The topological polar surface area (TPSA) is 45.2 Å². The first-order valence-electron chi connectivity index (χ1n) is 6.43. The molecule has 1 N–H and O–H groups in total. The zero-order valence-electron chi connectivity index (χ0n) is 12.2. The number of rotatable bonds is 6. The van der Waals surface area contributed by atoms with Crippen molar-refractivity contribution in [3.63, 3.8) is 0 Å². The molecule has 1 amide bonds. The van der Waals surface area contributed by atoms with Crippen LogP contribution in [0.4, 0.5) is 0 Å². The molecule has 0 saturated heterocycles. The Hall–Kier alpha value is -0.880. The van der Waals surface area contributed by atoms with E-state index in [2.05, 4.69) is 16.4 Å². The molecule has 0 aliphatic carbocycles. The van der Waals surface area contributed by atoms with Crippen LogP contribution in [0.2, 0.25) is 0 Å². The number of halogens is 2. The Kier molecular flexibility index (Phi) is 9.53. The highest BCUT2D eigenvalue weighted by molar-refractivity contribution is 7.18. The number of nitrogens with one attached hydrogen (secondary N) is 1. The molecule has 4 nitrogen and oxygen atoms in total. The van der Waals surface area contributed by atoms with Crippen molar-refractivity contribution in [3.05, 3.63) is 29.3 Å². The van der Waals surface area contributed by atoms with Crippen molar-refractivity contribution < 1.29 is 4.79 Å². The third-order valence-corrected chi connectivity index (χ3v) is 3.97. The predicted octanol–water partition coefficient (Wildman–Crippen LogP) is 3.10. The fraction of sp³-hybridized carbons (Fsp3) is 0.429. The van der Waals surface area contributed by atoms with Crippen molar-refractivity contribution in [2.75, 3.05) is 20.6 Å². The standard InChI is InChI=1S/C14H19N3OS.2ClH/c1-15-9-5-8-14(18)17(2)10-13-16-11-6-3-4-7-12(11)19-13;;/h3-4,6-7,15H,5,8-10H2,1-2H3;2*1H. The van der Waals surface area contributed by atoms with Gasteiger partial charge in [-0.05, 0) is 32.1 Å². The summed E-state index contributed by atoms with van der Waals surface area (Å²) < 4.78 is 1.17. The Labute approximate surface area is 141 Å². The molecule has 21 heavy (non-hydrogen) atoms. The summed E-state index contributed by atoms with van der Waals surface area (Å²) in [5.41, 5.74) is 1.01. The number of hydrogen-bond donors (Lipinski definition) is 1. The van der Waals surface area contributed by atoms with Gasteiger partial charge in [-0.2, -0.15) is 0 Å². The summed E-state index contributed by atoms with van der Waals surface area (Å²) in [6.45, 7) is 1.47. The summed E-state index contributed by atoms with van der Waals surface area (Å²) in [6.07, 6.45) is 1.46. The monoisotopic (exact) mass is 349 g/mol. The van der Waals surface area contributed by atoms with Crippen LogP contribution in [0.25, 0.3) is 10.2 Å². The molecule has 2 aromatic rings. The smallest absolute Gasteiger partial charge is 0.222 e. The SMILES string of the molecule is CNCCCC(=O)N(C)Cc1nc2ccccc2s1.Cl.Cl. The van der Waals surface area contributed by atoms with Gasteiger partial charge in [-0.25, -0.2) is 4.98 Å². The second-order valence-corrected chi connectivity index (χ2v) is 5.65. The molecule has 1 heterocycles. The number of benzene rings is 1. The van der Waals surface area contributed by atoms with Gasteiger partial charge in [0.1, 0.15) is 5.01 Å². The maximum Gasteiger partial charge on any atom is 0.222 e. The number of carbonyl (C=O) groups is 1. The van der Waals surface area contributed by atoms with Gasteiger partial charge in [-0.15, -0.1) is 36.2 Å². The van der Waals surface area contributed by atoms with Crippen LogP contribution in [0.1, 0.15) is 17.8 Å². The van der Waals surface area contributed by atoms with Gasteiger partial charge in [0.05, 0.1) is 16.8 Å². The average Bonchev–Trinajstić information content (AvgIpc) is 2.80. The normalized spacial score (nSPS) is 9.81. The summed E-state index contributed by atoms with van der Waals surface area (Å²) in [5.74, 6) is 0.175. The molecule has 0 spiro atoms.